The van der Waals surface area contributed by atoms with E-state index in [-0.39, 0.29) is 19.1 Å². The van der Waals surface area contributed by atoms with E-state index in [4.69, 9.17) is 0 Å². The van der Waals surface area contributed by atoms with E-state index in [1.54, 1.807) is 0 Å². The molecule has 0 aliphatic rings. The summed E-state index contributed by atoms with van der Waals surface area (Å²) in [4.78, 5) is 0. The molecule has 3 aromatic carbocycles. The Morgan fingerprint density at radius 2 is 0.958 bits per heavy atom. The van der Waals surface area contributed by atoms with Gasteiger partial charge in [0.2, 0.25) is 0 Å². The number of benzene rings is 3. The van der Waals surface area contributed by atoms with E-state index in [0.29, 0.717) is 0 Å². The van der Waals surface area contributed by atoms with Gasteiger partial charge in [-0.2, -0.15) is 0 Å². The molecule has 0 unspecified atom stereocenters. The van der Waals surface area contributed by atoms with Gasteiger partial charge < -0.3 is 10.2 Å². The van der Waals surface area contributed by atoms with Crippen LogP contribution in [-0.4, -0.2) is 29.3 Å². The van der Waals surface area contributed by atoms with Crippen molar-refractivity contribution in [2.45, 2.75) is 0 Å². The number of hydrogen-bond acceptors (Lipinski definition) is 2. The van der Waals surface area contributed by atoms with E-state index in [1.807, 2.05) is 66.7 Å². The monoisotopic (exact) mass is 335 g/mol. The van der Waals surface area contributed by atoms with E-state index in [1.165, 1.54) is 0 Å². The molecule has 0 radical (unpaired) electrons. The predicted octanol–water partition coefficient (Wildman–Crippen LogP) is 2.04. The average Bonchev–Trinajstić information content (AvgIpc) is 2.68. The van der Waals surface area contributed by atoms with Crippen LogP contribution in [-0.2, 0) is 0 Å². The molecule has 0 aliphatic carbocycles. The Morgan fingerprint density at radius 3 is 1.33 bits per heavy atom. The largest absolute Gasteiger partial charge is 0.418 e. The second kappa shape index (κ2) is 7.76. The summed E-state index contributed by atoms with van der Waals surface area (Å²) in [5.74, 6) is 0. The van der Waals surface area contributed by atoms with Gasteiger partial charge in [-0.3, -0.25) is 0 Å². The molecule has 0 atom stereocenters. The van der Waals surface area contributed by atoms with Gasteiger partial charge in [0, 0.05) is 0 Å². The molecule has 0 aliphatic heterocycles. The highest BCUT2D eigenvalue weighted by atomic mass is 31.2. The zero-order valence-electron chi connectivity index (χ0n) is 13.5. The quantitative estimate of drug-likeness (QED) is 0.535. The third-order valence-corrected chi connectivity index (χ3v) is 8.42. The van der Waals surface area contributed by atoms with Crippen molar-refractivity contribution in [2.75, 3.05) is 12.7 Å². The molecule has 0 aromatic heterocycles. The molecule has 0 amide bonds. The summed E-state index contributed by atoms with van der Waals surface area (Å²) < 4.78 is 0. The highest BCUT2D eigenvalue weighted by Crippen LogP contribution is 2.57. The molecule has 0 saturated carbocycles. The molecule has 120 valence electrons. The minimum atomic E-state index is -2.25. The van der Waals surface area contributed by atoms with Gasteiger partial charge in [-0.1, -0.05) is 78.9 Å². The summed E-state index contributed by atoms with van der Waals surface area (Å²) in [7, 11) is -2.25. The number of hydrogen-bond donors (Lipinski definition) is 2. The lowest BCUT2D eigenvalue weighted by Crippen LogP contribution is -2.49. The Morgan fingerprint density at radius 1 is 0.583 bits per heavy atom. The van der Waals surface area contributed by atoms with Gasteiger partial charge in [0.25, 0.3) is 0 Å². The van der Waals surface area contributed by atoms with E-state index in [2.05, 4.69) is 24.3 Å². The first-order valence-corrected chi connectivity index (χ1v) is 10.3. The maximum Gasteiger partial charge on any atom is 0.418 e. The van der Waals surface area contributed by atoms with Crippen molar-refractivity contribution in [1.29, 1.82) is 0 Å². The summed E-state index contributed by atoms with van der Waals surface area (Å²) >= 11 is 0. The van der Waals surface area contributed by atoms with Crippen molar-refractivity contribution in [1.82, 2.24) is 0 Å². The van der Waals surface area contributed by atoms with Crippen molar-refractivity contribution in [3.63, 3.8) is 0 Å². The van der Waals surface area contributed by atoms with Gasteiger partial charge in [-0.05, 0) is 23.1 Å². The van der Waals surface area contributed by atoms with Gasteiger partial charge in [0.05, 0.1) is 12.4 Å². The minimum absolute atomic E-state index is 0.0258. The zero-order valence-corrected chi connectivity index (χ0v) is 14.4. The molecule has 0 heterocycles. The molecule has 3 rings (SSSR count). The second-order valence-corrected chi connectivity index (χ2v) is 9.54. The lowest BCUT2D eigenvalue weighted by atomic mass is 9.61. The lowest BCUT2D eigenvalue weighted by molar-refractivity contribution is 0.343. The van der Waals surface area contributed by atoms with E-state index >= 15 is 0 Å². The molecule has 2 N–H and O–H groups in total. The van der Waals surface area contributed by atoms with Crippen LogP contribution in [0.15, 0.2) is 91.0 Å². The van der Waals surface area contributed by atoms with Crippen LogP contribution >= 0.6 is 7.14 Å². The van der Waals surface area contributed by atoms with Crippen molar-refractivity contribution in [2.24, 2.45) is 0 Å². The van der Waals surface area contributed by atoms with Crippen LogP contribution in [0.5, 0.6) is 0 Å². The third kappa shape index (κ3) is 3.16. The van der Waals surface area contributed by atoms with Crippen LogP contribution < -0.4 is 16.2 Å². The van der Waals surface area contributed by atoms with Crippen molar-refractivity contribution < 1.29 is 10.2 Å². The van der Waals surface area contributed by atoms with Gasteiger partial charge >= 0.3 is 6.43 Å². The number of rotatable bonds is 6. The fourth-order valence-corrected chi connectivity index (χ4v) is 6.57. The lowest BCUT2D eigenvalue weighted by Gasteiger charge is -2.29. The molecule has 0 spiro atoms. The Hall–Kier alpha value is -1.93. The normalized spacial score (nSPS) is 11.2. The van der Waals surface area contributed by atoms with Crippen LogP contribution in [0.4, 0.5) is 0 Å². The van der Waals surface area contributed by atoms with Crippen LogP contribution in [0.1, 0.15) is 0 Å². The fourth-order valence-electron chi connectivity index (χ4n) is 3.28. The predicted molar refractivity (Wildman–Crippen MR) is 105 cm³/mol. The summed E-state index contributed by atoms with van der Waals surface area (Å²) in [6, 6.07) is 30.3. The molecule has 0 bridgehead atoms. The van der Waals surface area contributed by atoms with E-state index in [0.717, 1.165) is 16.2 Å². The molecule has 2 nitrogen and oxygen atoms in total. The van der Waals surface area contributed by atoms with Crippen molar-refractivity contribution >= 4 is 29.8 Å². The van der Waals surface area contributed by atoms with Gasteiger partial charge in [-0.15, -0.1) is 0 Å². The molecule has 0 fully saturated rings. The highest BCUT2D eigenvalue weighted by molar-refractivity contribution is 8.12. The van der Waals surface area contributed by atoms with Crippen LogP contribution in [0.25, 0.3) is 0 Å². The molecule has 3 aromatic rings. The standard InChI is InChI=1S/C20H21BO2P/c22-16-24(17-23,20-14-8-3-9-15-20)21(18-10-4-1-5-11-18)19-12-6-2-7-13-19/h1-15,22-23H,16-17H2/q+1. The summed E-state index contributed by atoms with van der Waals surface area (Å²) in [5, 5.41) is 21.9. The van der Waals surface area contributed by atoms with Gasteiger partial charge in [0.1, 0.15) is 12.7 Å². The molecule has 4 heteroatoms. The topological polar surface area (TPSA) is 40.5 Å². The minimum Gasteiger partial charge on any atom is -0.363 e. The van der Waals surface area contributed by atoms with Crippen LogP contribution in [0.3, 0.4) is 0 Å². The Balaban J connectivity index is 2.23. The molecular formula is C20H21BO2P+. The first-order valence-electron chi connectivity index (χ1n) is 8.06. The van der Waals surface area contributed by atoms with E-state index < -0.39 is 7.14 Å². The summed E-state index contributed by atoms with van der Waals surface area (Å²) in [5.41, 5.74) is 2.26. The summed E-state index contributed by atoms with van der Waals surface area (Å²) in [6.07, 6.45) is -0.0819. The van der Waals surface area contributed by atoms with E-state index in [9.17, 15) is 10.2 Å². The zero-order chi connectivity index (χ0) is 16.8. The van der Waals surface area contributed by atoms with Gasteiger partial charge in [-0.25, -0.2) is 0 Å². The highest BCUT2D eigenvalue weighted by Gasteiger charge is 2.53. The third-order valence-electron chi connectivity index (χ3n) is 4.50. The summed E-state index contributed by atoms with van der Waals surface area (Å²) in [6.45, 7) is 0. The Labute approximate surface area is 144 Å². The van der Waals surface area contributed by atoms with Gasteiger partial charge in [0.15, 0.2) is 0 Å². The smallest absolute Gasteiger partial charge is 0.363 e. The first kappa shape index (κ1) is 16.9. The maximum atomic E-state index is 10.4. The van der Waals surface area contributed by atoms with Crippen molar-refractivity contribution in [3.8, 4) is 0 Å². The SMILES string of the molecule is OC[P+](CO)(B(c1ccccc1)c1ccccc1)c1ccccc1. The average molecular weight is 335 g/mol. The Kier molecular flexibility index (Phi) is 5.47. The van der Waals surface area contributed by atoms with Crippen LogP contribution in [0.2, 0.25) is 0 Å². The molecular weight excluding hydrogens is 314 g/mol. The first-order chi connectivity index (χ1) is 11.8. The number of aliphatic hydroxyl groups is 2. The fraction of sp³-hybridized carbons (Fsp3) is 0.100. The molecule has 0 saturated heterocycles. The maximum absolute atomic E-state index is 10.4. The van der Waals surface area contributed by atoms with Crippen LogP contribution in [0, 0.1) is 0 Å². The Bertz CT molecular complexity index is 707. The molecule has 24 heavy (non-hydrogen) atoms. The number of aliphatic hydroxyl groups excluding tert-OH is 2. The van der Waals surface area contributed by atoms with Crippen molar-refractivity contribution in [3.05, 3.63) is 91.0 Å². The second-order valence-electron chi connectivity index (χ2n) is 5.88.